The summed E-state index contributed by atoms with van der Waals surface area (Å²) in [6.07, 6.45) is 0. The first-order valence-corrected chi connectivity index (χ1v) is 7.04. The molecule has 0 aliphatic rings. The molecule has 0 N–H and O–H groups in total. The predicted octanol–water partition coefficient (Wildman–Crippen LogP) is 3.92. The van der Waals surface area contributed by atoms with Crippen molar-refractivity contribution in [2.75, 3.05) is 13.7 Å². The Balaban J connectivity index is 2.67. The van der Waals surface area contributed by atoms with E-state index in [2.05, 4.69) is 45.4 Å². The lowest BCUT2D eigenvalue weighted by Crippen LogP contribution is -2.32. The van der Waals surface area contributed by atoms with Crippen LogP contribution >= 0.6 is 27.5 Å². The Hall–Kier alpha value is -0.580. The summed E-state index contributed by atoms with van der Waals surface area (Å²) in [5.41, 5.74) is 1.85. The Morgan fingerprint density at radius 2 is 2.17 bits per heavy atom. The highest BCUT2D eigenvalue weighted by Crippen LogP contribution is 2.28. The fourth-order valence-electron chi connectivity index (χ4n) is 2.29. The van der Waals surface area contributed by atoms with E-state index in [0.29, 0.717) is 12.5 Å². The van der Waals surface area contributed by atoms with Crippen LogP contribution in [0, 0.1) is 0 Å². The maximum absolute atomic E-state index is 6.01. The molecule has 1 aromatic carbocycles. The molecule has 18 heavy (non-hydrogen) atoms. The van der Waals surface area contributed by atoms with Gasteiger partial charge in [0.25, 0.3) is 0 Å². The highest BCUT2D eigenvalue weighted by molar-refractivity contribution is 9.10. The second-order valence-electron chi connectivity index (χ2n) is 4.88. The molecular formula is C13H16BrClN2O. The van der Waals surface area contributed by atoms with Crippen molar-refractivity contribution in [2.45, 2.75) is 25.3 Å². The average molecular weight is 332 g/mol. The van der Waals surface area contributed by atoms with Crippen LogP contribution in [0.15, 0.2) is 22.7 Å². The van der Waals surface area contributed by atoms with E-state index in [4.69, 9.17) is 16.3 Å². The van der Waals surface area contributed by atoms with E-state index in [1.807, 2.05) is 12.1 Å². The number of benzene rings is 1. The molecule has 0 bridgehead atoms. The molecule has 0 amide bonds. The molecule has 1 heterocycles. The number of hydrogen-bond acceptors (Lipinski definition) is 2. The van der Waals surface area contributed by atoms with E-state index in [1.54, 1.807) is 7.11 Å². The number of fused-ring (bicyclic) bond motifs is 1. The molecule has 0 aliphatic heterocycles. The number of imidazole rings is 1. The lowest BCUT2D eigenvalue weighted by Gasteiger charge is -2.28. The van der Waals surface area contributed by atoms with Gasteiger partial charge in [-0.1, -0.05) is 15.9 Å². The fraction of sp³-hybridized carbons (Fsp3) is 0.462. The molecule has 0 aliphatic carbocycles. The zero-order chi connectivity index (χ0) is 13.3. The molecule has 0 atom stereocenters. The van der Waals surface area contributed by atoms with Gasteiger partial charge in [0, 0.05) is 11.6 Å². The normalized spacial score (nSPS) is 12.3. The maximum atomic E-state index is 6.01. The van der Waals surface area contributed by atoms with Crippen LogP contribution in [0.2, 0.25) is 0 Å². The molecule has 0 unspecified atom stereocenters. The zero-order valence-corrected chi connectivity index (χ0v) is 13.0. The molecule has 0 saturated carbocycles. The lowest BCUT2D eigenvalue weighted by atomic mass is 10.1. The van der Waals surface area contributed by atoms with E-state index < -0.39 is 0 Å². The molecule has 2 aromatic rings. The van der Waals surface area contributed by atoms with Crippen LogP contribution in [0.1, 0.15) is 19.7 Å². The minimum Gasteiger partial charge on any atom is -0.382 e. The highest BCUT2D eigenvalue weighted by Gasteiger charge is 2.25. The lowest BCUT2D eigenvalue weighted by molar-refractivity contribution is 0.110. The third kappa shape index (κ3) is 2.42. The third-order valence-corrected chi connectivity index (χ3v) is 3.64. The van der Waals surface area contributed by atoms with Crippen LogP contribution in [0.5, 0.6) is 0 Å². The van der Waals surface area contributed by atoms with Crippen molar-refractivity contribution >= 4 is 38.6 Å². The number of hydrogen-bond donors (Lipinski definition) is 0. The summed E-state index contributed by atoms with van der Waals surface area (Å²) in [6, 6.07) is 6.08. The second kappa shape index (κ2) is 5.19. The van der Waals surface area contributed by atoms with Gasteiger partial charge in [0.15, 0.2) is 0 Å². The van der Waals surface area contributed by atoms with E-state index in [9.17, 15) is 0 Å². The van der Waals surface area contributed by atoms with Crippen LogP contribution in [0.4, 0.5) is 0 Å². The molecule has 3 nitrogen and oxygen atoms in total. The summed E-state index contributed by atoms with van der Waals surface area (Å²) in [6.45, 7) is 4.85. The Labute approximate surface area is 120 Å². The number of halogens is 2. The highest BCUT2D eigenvalue weighted by atomic mass is 79.9. The van der Waals surface area contributed by atoms with Gasteiger partial charge in [-0.2, -0.15) is 0 Å². The molecular weight excluding hydrogens is 316 g/mol. The number of nitrogens with zero attached hydrogens (tertiary/aromatic N) is 2. The SMILES string of the molecule is COCC(C)(C)n1c(CCl)nc2cc(Br)ccc21. The van der Waals surface area contributed by atoms with E-state index in [0.717, 1.165) is 21.3 Å². The van der Waals surface area contributed by atoms with Gasteiger partial charge in [-0.05, 0) is 32.0 Å². The summed E-state index contributed by atoms with van der Waals surface area (Å²) in [5.74, 6) is 1.26. The van der Waals surface area contributed by atoms with E-state index in [1.165, 1.54) is 0 Å². The number of aromatic nitrogens is 2. The van der Waals surface area contributed by atoms with E-state index in [-0.39, 0.29) is 5.54 Å². The van der Waals surface area contributed by atoms with Crippen LogP contribution in [0.25, 0.3) is 11.0 Å². The van der Waals surface area contributed by atoms with Gasteiger partial charge < -0.3 is 9.30 Å². The molecule has 1 aromatic heterocycles. The monoisotopic (exact) mass is 330 g/mol. The molecule has 5 heteroatoms. The van der Waals surface area contributed by atoms with Gasteiger partial charge in [-0.25, -0.2) is 4.98 Å². The number of methoxy groups -OCH3 is 1. The van der Waals surface area contributed by atoms with E-state index >= 15 is 0 Å². The average Bonchev–Trinajstić information content (AvgIpc) is 2.66. The first kappa shape index (κ1) is 13.8. The minimum atomic E-state index is -0.179. The topological polar surface area (TPSA) is 27.1 Å². The Kier molecular flexibility index (Phi) is 3.99. The zero-order valence-electron chi connectivity index (χ0n) is 10.7. The fourth-order valence-corrected chi connectivity index (χ4v) is 2.81. The summed E-state index contributed by atoms with van der Waals surface area (Å²) in [4.78, 5) is 4.59. The van der Waals surface area contributed by atoms with Gasteiger partial charge in [0.05, 0.1) is 29.1 Å². The van der Waals surface area contributed by atoms with Crippen molar-refractivity contribution < 1.29 is 4.74 Å². The molecule has 0 fully saturated rings. The Morgan fingerprint density at radius 1 is 1.44 bits per heavy atom. The number of ether oxygens (including phenoxy) is 1. The Morgan fingerprint density at radius 3 is 2.78 bits per heavy atom. The van der Waals surface area contributed by atoms with Crippen molar-refractivity contribution in [3.8, 4) is 0 Å². The minimum absolute atomic E-state index is 0.179. The smallest absolute Gasteiger partial charge is 0.125 e. The van der Waals surface area contributed by atoms with Gasteiger partial charge in [-0.15, -0.1) is 11.6 Å². The quantitative estimate of drug-likeness (QED) is 0.794. The largest absolute Gasteiger partial charge is 0.382 e. The Bertz CT molecular complexity index is 565. The van der Waals surface area contributed by atoms with Gasteiger partial charge >= 0.3 is 0 Å². The number of alkyl halides is 1. The molecule has 0 spiro atoms. The van der Waals surface area contributed by atoms with Crippen molar-refractivity contribution in [1.29, 1.82) is 0 Å². The molecule has 98 valence electrons. The van der Waals surface area contributed by atoms with Crippen molar-refractivity contribution in [2.24, 2.45) is 0 Å². The standard InChI is InChI=1S/C13H16BrClN2O/c1-13(2,8-18-3)17-11-5-4-9(14)6-10(11)16-12(17)7-15/h4-6H,7-8H2,1-3H3. The van der Waals surface area contributed by atoms with Gasteiger partial charge in [0.1, 0.15) is 5.82 Å². The van der Waals surface area contributed by atoms with Crippen molar-refractivity contribution in [1.82, 2.24) is 9.55 Å². The molecule has 2 rings (SSSR count). The predicted molar refractivity (Wildman–Crippen MR) is 78.2 cm³/mol. The van der Waals surface area contributed by atoms with Crippen LogP contribution in [0.3, 0.4) is 0 Å². The summed E-state index contributed by atoms with van der Waals surface area (Å²) >= 11 is 9.48. The first-order chi connectivity index (χ1) is 8.49. The third-order valence-electron chi connectivity index (χ3n) is 2.91. The van der Waals surface area contributed by atoms with Crippen LogP contribution < -0.4 is 0 Å². The van der Waals surface area contributed by atoms with Crippen LogP contribution in [-0.4, -0.2) is 23.3 Å². The molecule has 0 radical (unpaired) electrons. The summed E-state index contributed by atoms with van der Waals surface area (Å²) < 4.78 is 8.48. The number of rotatable bonds is 4. The second-order valence-corrected chi connectivity index (χ2v) is 6.06. The summed E-state index contributed by atoms with van der Waals surface area (Å²) in [7, 11) is 1.71. The summed E-state index contributed by atoms with van der Waals surface area (Å²) in [5, 5.41) is 0. The van der Waals surface area contributed by atoms with Crippen LogP contribution in [-0.2, 0) is 16.2 Å². The van der Waals surface area contributed by atoms with Crippen molar-refractivity contribution in [3.05, 3.63) is 28.5 Å². The first-order valence-electron chi connectivity index (χ1n) is 5.72. The van der Waals surface area contributed by atoms with Crippen molar-refractivity contribution in [3.63, 3.8) is 0 Å². The van der Waals surface area contributed by atoms with Gasteiger partial charge in [-0.3, -0.25) is 0 Å². The van der Waals surface area contributed by atoms with Gasteiger partial charge in [0.2, 0.25) is 0 Å². The maximum Gasteiger partial charge on any atom is 0.125 e. The molecule has 0 saturated heterocycles.